The zero-order chi connectivity index (χ0) is 22.5. The van der Waals surface area contributed by atoms with Crippen LogP contribution in [0.2, 0.25) is 0 Å². The molecule has 2 fully saturated rings. The first kappa shape index (κ1) is 23.2. The van der Waals surface area contributed by atoms with Crippen molar-refractivity contribution in [2.45, 2.75) is 74.8 Å². The Kier molecular flexibility index (Phi) is 7.34. The van der Waals surface area contributed by atoms with E-state index in [1.807, 2.05) is 0 Å². The van der Waals surface area contributed by atoms with Crippen molar-refractivity contribution in [3.05, 3.63) is 29.8 Å². The van der Waals surface area contributed by atoms with Gasteiger partial charge in [0, 0.05) is 13.1 Å². The molecule has 3 rings (SSSR count). The van der Waals surface area contributed by atoms with E-state index in [0.29, 0.717) is 25.9 Å². The molecular formula is C22H29N3O5S. The van der Waals surface area contributed by atoms with E-state index in [-0.39, 0.29) is 10.5 Å². The third-order valence-electron chi connectivity index (χ3n) is 5.96. The molecule has 0 spiro atoms. The van der Waals surface area contributed by atoms with Crippen molar-refractivity contribution in [3.8, 4) is 6.07 Å². The Hall–Kier alpha value is -2.44. The first-order valence-electron chi connectivity index (χ1n) is 10.8. The van der Waals surface area contributed by atoms with Gasteiger partial charge in [-0.05, 0) is 50.8 Å². The Morgan fingerprint density at radius 3 is 2.42 bits per heavy atom. The lowest BCUT2D eigenvalue weighted by molar-refractivity contribution is -0.130. The van der Waals surface area contributed by atoms with Crippen molar-refractivity contribution in [1.82, 2.24) is 9.62 Å². The summed E-state index contributed by atoms with van der Waals surface area (Å²) >= 11 is 0. The minimum Gasteiger partial charge on any atom is -0.449 e. The summed E-state index contributed by atoms with van der Waals surface area (Å²) in [6, 6.07) is 7.89. The molecule has 2 aliphatic rings. The number of hydrogen-bond acceptors (Lipinski definition) is 6. The molecule has 1 aromatic rings. The molecular weight excluding hydrogens is 418 g/mol. The molecule has 1 atom stereocenters. The maximum absolute atomic E-state index is 12.9. The first-order valence-corrected chi connectivity index (χ1v) is 12.3. The molecule has 9 heteroatoms. The average Bonchev–Trinajstić information content (AvgIpc) is 2.80. The predicted molar refractivity (Wildman–Crippen MR) is 114 cm³/mol. The van der Waals surface area contributed by atoms with E-state index in [2.05, 4.69) is 11.4 Å². The van der Waals surface area contributed by atoms with Gasteiger partial charge in [-0.25, -0.2) is 13.2 Å². The summed E-state index contributed by atoms with van der Waals surface area (Å²) < 4.78 is 32.4. The zero-order valence-corrected chi connectivity index (χ0v) is 18.6. The van der Waals surface area contributed by atoms with Crippen LogP contribution < -0.4 is 5.32 Å². The van der Waals surface area contributed by atoms with Crippen molar-refractivity contribution < 1.29 is 22.7 Å². The normalized spacial score (nSPS) is 20.3. The minimum absolute atomic E-state index is 0.0339. The highest BCUT2D eigenvalue weighted by Gasteiger charge is 2.35. The predicted octanol–water partition coefficient (Wildman–Crippen LogP) is 2.75. The highest BCUT2D eigenvalue weighted by molar-refractivity contribution is 7.89. The molecule has 1 unspecified atom stereocenters. The van der Waals surface area contributed by atoms with Gasteiger partial charge in [0.25, 0.3) is 5.91 Å². The van der Waals surface area contributed by atoms with E-state index < -0.39 is 33.5 Å². The van der Waals surface area contributed by atoms with Crippen LogP contribution in [0.25, 0.3) is 0 Å². The molecule has 1 saturated carbocycles. The van der Waals surface area contributed by atoms with Crippen molar-refractivity contribution >= 4 is 21.9 Å². The number of carbonyl (C=O) groups excluding carboxylic acids is 2. The number of amides is 1. The molecule has 168 valence electrons. The molecule has 0 bridgehead atoms. The summed E-state index contributed by atoms with van der Waals surface area (Å²) in [5.74, 6) is -1.32. The van der Waals surface area contributed by atoms with Crippen molar-refractivity contribution in [3.63, 3.8) is 0 Å². The Balaban J connectivity index is 1.67. The minimum atomic E-state index is -3.68. The summed E-state index contributed by atoms with van der Waals surface area (Å²) in [5, 5.41) is 12.3. The van der Waals surface area contributed by atoms with E-state index in [1.165, 1.54) is 35.5 Å². The summed E-state index contributed by atoms with van der Waals surface area (Å²) in [6.45, 7) is 2.37. The van der Waals surface area contributed by atoms with Crippen LogP contribution in [0.4, 0.5) is 0 Å². The van der Waals surface area contributed by atoms with Gasteiger partial charge in [-0.15, -0.1) is 0 Å². The van der Waals surface area contributed by atoms with Gasteiger partial charge >= 0.3 is 5.97 Å². The van der Waals surface area contributed by atoms with Crippen LogP contribution in [-0.2, 0) is 19.6 Å². The fraction of sp³-hybridized carbons (Fsp3) is 0.591. The summed E-state index contributed by atoms with van der Waals surface area (Å²) in [7, 11) is -3.68. The zero-order valence-electron chi connectivity index (χ0n) is 17.8. The number of hydrogen-bond donors (Lipinski definition) is 1. The van der Waals surface area contributed by atoms with Crippen LogP contribution >= 0.6 is 0 Å². The number of esters is 1. The average molecular weight is 448 g/mol. The Morgan fingerprint density at radius 1 is 1.13 bits per heavy atom. The van der Waals surface area contributed by atoms with Crippen molar-refractivity contribution in [2.24, 2.45) is 0 Å². The topological polar surface area (TPSA) is 117 Å². The SMILES string of the molecule is CC(OC(=O)c1cccc(S(=O)(=O)N2CCCCC2)c1)C(=O)NC1(C#N)CCCCC1. The molecule has 8 nitrogen and oxygen atoms in total. The smallest absolute Gasteiger partial charge is 0.338 e. The lowest BCUT2D eigenvalue weighted by Gasteiger charge is -2.32. The number of ether oxygens (including phenoxy) is 1. The highest BCUT2D eigenvalue weighted by Crippen LogP contribution is 2.28. The van der Waals surface area contributed by atoms with E-state index in [0.717, 1.165) is 38.5 Å². The standard InChI is InChI=1S/C22H29N3O5S/c1-17(20(26)24-22(16-23)11-4-2-5-12-22)30-21(27)18-9-8-10-19(15-18)31(28,29)25-13-6-3-7-14-25/h8-10,15,17H,2-7,11-14H2,1H3,(H,24,26). The third kappa shape index (κ3) is 5.43. The number of piperidine rings is 1. The number of nitrogens with one attached hydrogen (secondary N) is 1. The Labute approximate surface area is 183 Å². The second kappa shape index (κ2) is 9.79. The lowest BCUT2D eigenvalue weighted by Crippen LogP contribution is -2.52. The maximum Gasteiger partial charge on any atom is 0.338 e. The maximum atomic E-state index is 12.9. The summed E-state index contributed by atoms with van der Waals surface area (Å²) in [5.41, 5.74) is -0.858. The van der Waals surface area contributed by atoms with E-state index in [9.17, 15) is 23.3 Å². The first-order chi connectivity index (χ1) is 14.8. The Morgan fingerprint density at radius 2 is 1.77 bits per heavy atom. The third-order valence-corrected chi connectivity index (χ3v) is 7.85. The van der Waals surface area contributed by atoms with E-state index in [4.69, 9.17) is 4.74 Å². The number of carbonyl (C=O) groups is 2. The molecule has 1 heterocycles. The molecule has 1 N–H and O–H groups in total. The van der Waals surface area contributed by atoms with Crippen LogP contribution in [-0.4, -0.2) is 49.3 Å². The molecule has 1 aliphatic carbocycles. The number of nitrogens with zero attached hydrogens (tertiary/aromatic N) is 2. The van der Waals surface area contributed by atoms with Crippen molar-refractivity contribution in [1.29, 1.82) is 5.26 Å². The molecule has 31 heavy (non-hydrogen) atoms. The van der Waals surface area contributed by atoms with Gasteiger partial charge < -0.3 is 10.1 Å². The molecule has 0 aromatic heterocycles. The summed E-state index contributed by atoms with van der Waals surface area (Å²) in [6.07, 6.45) is 5.43. The second-order valence-electron chi connectivity index (χ2n) is 8.28. The van der Waals surface area contributed by atoms with Gasteiger partial charge in [-0.1, -0.05) is 31.7 Å². The highest BCUT2D eigenvalue weighted by atomic mass is 32.2. The van der Waals surface area contributed by atoms with Crippen molar-refractivity contribution in [2.75, 3.05) is 13.1 Å². The lowest BCUT2D eigenvalue weighted by atomic mass is 9.83. The van der Waals surface area contributed by atoms with Gasteiger partial charge in [-0.3, -0.25) is 4.79 Å². The largest absolute Gasteiger partial charge is 0.449 e. The molecule has 1 aromatic carbocycles. The Bertz CT molecular complexity index is 958. The number of rotatable bonds is 6. The van der Waals surface area contributed by atoms with Crippen LogP contribution in [0, 0.1) is 11.3 Å². The molecule has 1 saturated heterocycles. The van der Waals surface area contributed by atoms with Crippen LogP contribution in [0.15, 0.2) is 29.2 Å². The quantitative estimate of drug-likeness (QED) is 0.670. The van der Waals surface area contributed by atoms with Crippen LogP contribution in [0.5, 0.6) is 0 Å². The van der Waals surface area contributed by atoms with Gasteiger partial charge in [0.05, 0.1) is 16.5 Å². The number of benzene rings is 1. The van der Waals surface area contributed by atoms with E-state index >= 15 is 0 Å². The van der Waals surface area contributed by atoms with E-state index in [1.54, 1.807) is 0 Å². The molecule has 1 amide bonds. The monoisotopic (exact) mass is 447 g/mol. The van der Waals surface area contributed by atoms with Gasteiger partial charge in [0.15, 0.2) is 6.10 Å². The van der Waals surface area contributed by atoms with Gasteiger partial charge in [-0.2, -0.15) is 9.57 Å². The number of sulfonamides is 1. The fourth-order valence-electron chi connectivity index (χ4n) is 4.08. The second-order valence-corrected chi connectivity index (χ2v) is 10.2. The summed E-state index contributed by atoms with van der Waals surface area (Å²) in [4.78, 5) is 25.1. The fourth-order valence-corrected chi connectivity index (χ4v) is 5.64. The molecule has 1 aliphatic heterocycles. The molecule has 0 radical (unpaired) electrons. The van der Waals surface area contributed by atoms with Crippen LogP contribution in [0.3, 0.4) is 0 Å². The number of nitriles is 1. The van der Waals surface area contributed by atoms with Crippen LogP contribution in [0.1, 0.15) is 68.6 Å². The van der Waals surface area contributed by atoms with Gasteiger partial charge in [0.2, 0.25) is 10.0 Å². The van der Waals surface area contributed by atoms with Gasteiger partial charge in [0.1, 0.15) is 5.54 Å².